The molecule has 0 radical (unpaired) electrons. The summed E-state index contributed by atoms with van der Waals surface area (Å²) in [5, 5.41) is 17.8. The average Bonchev–Trinajstić information content (AvgIpc) is 2.56. The van der Waals surface area contributed by atoms with E-state index in [0.29, 0.717) is 19.4 Å². The largest absolute Gasteiger partial charge is 0.513 e. The molecule has 5 nitrogen and oxygen atoms in total. The summed E-state index contributed by atoms with van der Waals surface area (Å²) in [7, 11) is 0. The molecule has 88 valence electrons. The number of aliphatic hydroxyl groups is 1. The highest BCUT2D eigenvalue weighted by Crippen LogP contribution is 2.18. The van der Waals surface area contributed by atoms with E-state index in [0.717, 1.165) is 16.8 Å². The van der Waals surface area contributed by atoms with Gasteiger partial charge in [-0.2, -0.15) is 0 Å². The fourth-order valence-corrected chi connectivity index (χ4v) is 1.61. The van der Waals surface area contributed by atoms with E-state index in [1.54, 1.807) is 6.20 Å². The van der Waals surface area contributed by atoms with E-state index >= 15 is 0 Å². The van der Waals surface area contributed by atoms with Gasteiger partial charge in [-0.05, 0) is 17.5 Å². The van der Waals surface area contributed by atoms with Gasteiger partial charge in [0.15, 0.2) is 0 Å². The number of aromatic nitrogens is 1. The number of hydrogen-bond acceptors (Lipinski definition) is 3. The van der Waals surface area contributed by atoms with E-state index in [9.17, 15) is 9.90 Å². The second-order valence-corrected chi connectivity index (χ2v) is 3.61. The van der Waals surface area contributed by atoms with Gasteiger partial charge in [-0.25, -0.2) is 0 Å². The van der Waals surface area contributed by atoms with Crippen molar-refractivity contribution in [3.05, 3.63) is 35.4 Å². The van der Waals surface area contributed by atoms with E-state index in [1.165, 1.54) is 0 Å². The molecule has 1 aromatic heterocycles. The highest BCUT2D eigenvalue weighted by molar-refractivity contribution is 5.67. The molecule has 0 aliphatic rings. The Kier molecular flexibility index (Phi) is 4.13. The minimum atomic E-state index is -0.843. The first-order chi connectivity index (χ1) is 7.54. The highest BCUT2D eigenvalue weighted by Gasteiger charge is 2.12. The molecule has 1 aromatic rings. The number of aryl methyl sites for hydroxylation is 1. The van der Waals surface area contributed by atoms with Gasteiger partial charge in [0.25, 0.3) is 0 Å². The summed E-state index contributed by atoms with van der Waals surface area (Å²) < 4.78 is 0. The lowest BCUT2D eigenvalue weighted by Crippen LogP contribution is -2.04. The van der Waals surface area contributed by atoms with Crippen LogP contribution in [0.5, 0.6) is 0 Å². The molecule has 5 heteroatoms. The summed E-state index contributed by atoms with van der Waals surface area (Å²) in [5.41, 5.74) is 8.08. The molecule has 5 N–H and O–H groups in total. The molecule has 1 heterocycles. The van der Waals surface area contributed by atoms with Gasteiger partial charge in [0.1, 0.15) is 0 Å². The van der Waals surface area contributed by atoms with Crippen molar-refractivity contribution in [1.29, 1.82) is 0 Å². The van der Waals surface area contributed by atoms with E-state index in [2.05, 4.69) is 11.6 Å². The summed E-state index contributed by atoms with van der Waals surface area (Å²) in [5.74, 6) is -0.796. The van der Waals surface area contributed by atoms with Crippen molar-refractivity contribution < 1.29 is 15.0 Å². The zero-order chi connectivity index (χ0) is 12.1. The van der Waals surface area contributed by atoms with Crippen molar-refractivity contribution in [2.45, 2.75) is 25.8 Å². The quantitative estimate of drug-likeness (QED) is 0.544. The lowest BCUT2D eigenvalue weighted by atomic mass is 10.0. The molecule has 0 aromatic carbocycles. The van der Waals surface area contributed by atoms with Crippen LogP contribution >= 0.6 is 0 Å². The molecule has 16 heavy (non-hydrogen) atoms. The fourth-order valence-electron chi connectivity index (χ4n) is 1.61. The number of aliphatic carboxylic acids is 1. The molecule has 1 rings (SSSR count). The smallest absolute Gasteiger partial charge is 0.303 e. The van der Waals surface area contributed by atoms with Crippen molar-refractivity contribution in [1.82, 2.24) is 4.98 Å². The molecule has 0 fully saturated rings. The number of carboxylic acid groups (broad SMARTS) is 1. The number of carboxylic acids is 1. The van der Waals surface area contributed by atoms with Crippen LogP contribution in [-0.2, 0) is 24.2 Å². The standard InChI is InChI=1S/C11H16N2O3/c1-7(14)4-9-8(2-3-11(15)16)6-13-10(9)5-12/h6,13-14H,1-5,12H2,(H,15,16). The summed E-state index contributed by atoms with van der Waals surface area (Å²) in [6.07, 6.45) is 2.54. The van der Waals surface area contributed by atoms with Crippen LogP contribution in [0.4, 0.5) is 0 Å². The highest BCUT2D eigenvalue weighted by atomic mass is 16.4. The van der Waals surface area contributed by atoms with Gasteiger partial charge >= 0.3 is 5.97 Å². The second kappa shape index (κ2) is 5.37. The maximum atomic E-state index is 10.5. The van der Waals surface area contributed by atoms with E-state index in [4.69, 9.17) is 10.8 Å². The van der Waals surface area contributed by atoms with Gasteiger partial charge < -0.3 is 20.9 Å². The Hall–Kier alpha value is -1.75. The molecular formula is C11H16N2O3. The van der Waals surface area contributed by atoms with Crippen LogP contribution in [0.15, 0.2) is 18.5 Å². The lowest BCUT2D eigenvalue weighted by molar-refractivity contribution is -0.136. The van der Waals surface area contributed by atoms with Crippen molar-refractivity contribution in [2.24, 2.45) is 5.73 Å². The number of rotatable bonds is 6. The Labute approximate surface area is 93.6 Å². The van der Waals surface area contributed by atoms with Crippen LogP contribution in [0, 0.1) is 0 Å². The minimum Gasteiger partial charge on any atom is -0.513 e. The summed E-state index contributed by atoms with van der Waals surface area (Å²) in [6, 6.07) is 0. The number of aliphatic hydroxyl groups excluding tert-OH is 1. The number of carbonyl (C=O) groups is 1. The summed E-state index contributed by atoms with van der Waals surface area (Å²) >= 11 is 0. The Balaban J connectivity index is 2.86. The van der Waals surface area contributed by atoms with Crippen molar-refractivity contribution in [3.8, 4) is 0 Å². The first kappa shape index (κ1) is 12.3. The van der Waals surface area contributed by atoms with Crippen LogP contribution < -0.4 is 5.73 Å². The molecule has 0 spiro atoms. The van der Waals surface area contributed by atoms with E-state index in [-0.39, 0.29) is 12.2 Å². The molecule has 0 aliphatic heterocycles. The molecule has 0 bridgehead atoms. The molecule has 0 aliphatic carbocycles. The van der Waals surface area contributed by atoms with Gasteiger partial charge in [-0.3, -0.25) is 4.79 Å². The maximum absolute atomic E-state index is 10.5. The first-order valence-electron chi connectivity index (χ1n) is 5.01. The number of nitrogens with one attached hydrogen (secondary N) is 1. The number of nitrogens with two attached hydrogens (primary N) is 1. The van der Waals surface area contributed by atoms with Crippen molar-refractivity contribution in [3.63, 3.8) is 0 Å². The van der Waals surface area contributed by atoms with Crippen molar-refractivity contribution >= 4 is 5.97 Å². The Morgan fingerprint density at radius 2 is 2.19 bits per heavy atom. The zero-order valence-corrected chi connectivity index (χ0v) is 8.99. The SMILES string of the molecule is C=C(O)Cc1c(CCC(=O)O)c[nH]c1CN. The molecule has 0 saturated carbocycles. The fraction of sp³-hybridized carbons (Fsp3) is 0.364. The first-order valence-corrected chi connectivity index (χ1v) is 5.01. The van der Waals surface area contributed by atoms with Crippen LogP contribution in [-0.4, -0.2) is 21.2 Å². The van der Waals surface area contributed by atoms with Gasteiger partial charge in [-0.15, -0.1) is 0 Å². The molecule has 0 amide bonds. The predicted octanol–water partition coefficient (Wildman–Crippen LogP) is 1.10. The maximum Gasteiger partial charge on any atom is 0.303 e. The van der Waals surface area contributed by atoms with Gasteiger partial charge in [0.2, 0.25) is 0 Å². The summed E-state index contributed by atoms with van der Waals surface area (Å²) in [6.45, 7) is 3.76. The minimum absolute atomic E-state index is 0.0471. The molecule has 0 saturated heterocycles. The molecule has 0 atom stereocenters. The zero-order valence-electron chi connectivity index (χ0n) is 8.99. The summed E-state index contributed by atoms with van der Waals surface area (Å²) in [4.78, 5) is 13.5. The third kappa shape index (κ3) is 3.13. The topological polar surface area (TPSA) is 99.3 Å². The van der Waals surface area contributed by atoms with E-state index < -0.39 is 5.97 Å². The Morgan fingerprint density at radius 3 is 2.69 bits per heavy atom. The van der Waals surface area contributed by atoms with Gasteiger partial charge in [0.05, 0.1) is 5.76 Å². The molecule has 0 unspecified atom stereocenters. The van der Waals surface area contributed by atoms with Crippen LogP contribution in [0.3, 0.4) is 0 Å². The monoisotopic (exact) mass is 224 g/mol. The molecular weight excluding hydrogens is 208 g/mol. The third-order valence-electron chi connectivity index (χ3n) is 2.37. The second-order valence-electron chi connectivity index (χ2n) is 3.61. The van der Waals surface area contributed by atoms with E-state index in [1.807, 2.05) is 0 Å². The van der Waals surface area contributed by atoms with Crippen LogP contribution in [0.2, 0.25) is 0 Å². The predicted molar refractivity (Wildman–Crippen MR) is 60.1 cm³/mol. The Morgan fingerprint density at radius 1 is 1.50 bits per heavy atom. The third-order valence-corrected chi connectivity index (χ3v) is 2.37. The number of H-pyrrole nitrogens is 1. The lowest BCUT2D eigenvalue weighted by Gasteiger charge is -2.04. The van der Waals surface area contributed by atoms with Crippen molar-refractivity contribution in [2.75, 3.05) is 0 Å². The number of allylic oxidation sites excluding steroid dienone is 1. The van der Waals surface area contributed by atoms with Gasteiger partial charge in [0, 0.05) is 31.3 Å². The van der Waals surface area contributed by atoms with Crippen LogP contribution in [0.1, 0.15) is 23.2 Å². The van der Waals surface area contributed by atoms with Gasteiger partial charge in [-0.1, -0.05) is 6.58 Å². The number of hydrogen-bond donors (Lipinski definition) is 4. The Bertz CT molecular complexity index is 396. The van der Waals surface area contributed by atoms with Crippen LogP contribution in [0.25, 0.3) is 0 Å². The normalized spacial score (nSPS) is 10.3. The average molecular weight is 224 g/mol. The number of aromatic amines is 1.